The van der Waals surface area contributed by atoms with Crippen LogP contribution in [0, 0.1) is 5.41 Å². The van der Waals surface area contributed by atoms with Crippen molar-refractivity contribution < 1.29 is 14.6 Å². The molecule has 0 aromatic heterocycles. The van der Waals surface area contributed by atoms with Crippen molar-refractivity contribution in [2.45, 2.75) is 26.7 Å². The van der Waals surface area contributed by atoms with E-state index in [2.05, 4.69) is 5.32 Å². The Bertz CT molecular complexity index is 194. The number of hydrogen-bond donors (Lipinski definition) is 3. The van der Waals surface area contributed by atoms with Gasteiger partial charge in [-0.1, -0.05) is 6.92 Å². The molecule has 0 aliphatic carbocycles. The number of aliphatic hydroxyl groups is 1. The standard InChI is InChI=1S/C11H24N2O3/c1-3-11(2,9-12)10(15)13-5-4-7-16-8-6-14/h14H,3-9,12H2,1-2H3,(H,13,15). The maximum absolute atomic E-state index is 11.7. The average Bonchev–Trinajstić information content (AvgIpc) is 2.32. The van der Waals surface area contributed by atoms with Gasteiger partial charge in [0.25, 0.3) is 0 Å². The molecule has 5 heteroatoms. The highest BCUT2D eigenvalue weighted by atomic mass is 16.5. The van der Waals surface area contributed by atoms with Crippen LogP contribution in [-0.4, -0.2) is 43.9 Å². The van der Waals surface area contributed by atoms with E-state index < -0.39 is 5.41 Å². The maximum atomic E-state index is 11.7. The third-order valence-electron chi connectivity index (χ3n) is 2.77. The van der Waals surface area contributed by atoms with Gasteiger partial charge in [-0.3, -0.25) is 4.79 Å². The Morgan fingerprint density at radius 3 is 2.69 bits per heavy atom. The van der Waals surface area contributed by atoms with Crippen LogP contribution in [0.15, 0.2) is 0 Å². The van der Waals surface area contributed by atoms with Crippen molar-refractivity contribution in [3.05, 3.63) is 0 Å². The normalized spacial score (nSPS) is 14.5. The highest BCUT2D eigenvalue weighted by Crippen LogP contribution is 2.18. The molecule has 0 saturated heterocycles. The van der Waals surface area contributed by atoms with E-state index in [1.807, 2.05) is 13.8 Å². The van der Waals surface area contributed by atoms with Gasteiger partial charge in [0.1, 0.15) is 0 Å². The first-order valence-corrected chi connectivity index (χ1v) is 5.77. The fourth-order valence-electron chi connectivity index (χ4n) is 1.15. The van der Waals surface area contributed by atoms with Gasteiger partial charge in [0.05, 0.1) is 18.6 Å². The Kier molecular flexibility index (Phi) is 8.15. The summed E-state index contributed by atoms with van der Waals surface area (Å²) in [5.41, 5.74) is 5.11. The quantitative estimate of drug-likeness (QED) is 0.484. The lowest BCUT2D eigenvalue weighted by atomic mass is 9.87. The van der Waals surface area contributed by atoms with E-state index in [4.69, 9.17) is 15.6 Å². The summed E-state index contributed by atoms with van der Waals surface area (Å²) < 4.78 is 5.08. The van der Waals surface area contributed by atoms with Crippen LogP contribution in [0.4, 0.5) is 0 Å². The number of rotatable bonds is 9. The van der Waals surface area contributed by atoms with Gasteiger partial charge in [-0.2, -0.15) is 0 Å². The van der Waals surface area contributed by atoms with Gasteiger partial charge in [-0.05, 0) is 19.8 Å². The summed E-state index contributed by atoms with van der Waals surface area (Å²) >= 11 is 0. The largest absolute Gasteiger partial charge is 0.394 e. The number of carbonyl (C=O) groups is 1. The predicted molar refractivity (Wildman–Crippen MR) is 63.0 cm³/mol. The van der Waals surface area contributed by atoms with Crippen LogP contribution in [0.2, 0.25) is 0 Å². The highest BCUT2D eigenvalue weighted by Gasteiger charge is 2.28. The van der Waals surface area contributed by atoms with Crippen LogP contribution in [0.5, 0.6) is 0 Å². The van der Waals surface area contributed by atoms with Crippen molar-refractivity contribution in [2.75, 3.05) is 32.9 Å². The molecule has 0 heterocycles. The molecule has 0 aromatic carbocycles. The summed E-state index contributed by atoms with van der Waals surface area (Å²) in [4.78, 5) is 11.7. The van der Waals surface area contributed by atoms with Crippen LogP contribution >= 0.6 is 0 Å². The summed E-state index contributed by atoms with van der Waals surface area (Å²) in [6, 6.07) is 0. The molecule has 0 aliphatic rings. The number of nitrogens with two attached hydrogens (primary N) is 1. The zero-order chi connectivity index (χ0) is 12.4. The molecule has 0 aliphatic heterocycles. The molecule has 1 atom stereocenters. The molecule has 0 radical (unpaired) electrons. The van der Waals surface area contributed by atoms with Crippen LogP contribution in [0.25, 0.3) is 0 Å². The molecule has 0 fully saturated rings. The Balaban J connectivity index is 3.64. The van der Waals surface area contributed by atoms with E-state index >= 15 is 0 Å². The van der Waals surface area contributed by atoms with E-state index in [9.17, 15) is 4.79 Å². The van der Waals surface area contributed by atoms with Gasteiger partial charge in [0.2, 0.25) is 5.91 Å². The molecule has 4 N–H and O–H groups in total. The van der Waals surface area contributed by atoms with Gasteiger partial charge in [0.15, 0.2) is 0 Å². The minimum Gasteiger partial charge on any atom is -0.394 e. The highest BCUT2D eigenvalue weighted by molar-refractivity contribution is 5.82. The first-order chi connectivity index (χ1) is 7.60. The molecule has 16 heavy (non-hydrogen) atoms. The molecule has 0 bridgehead atoms. The van der Waals surface area contributed by atoms with Crippen molar-refractivity contribution in [3.8, 4) is 0 Å². The Labute approximate surface area is 97.3 Å². The van der Waals surface area contributed by atoms with Crippen LogP contribution in [0.1, 0.15) is 26.7 Å². The van der Waals surface area contributed by atoms with Crippen molar-refractivity contribution in [2.24, 2.45) is 11.1 Å². The number of ether oxygens (including phenoxy) is 1. The average molecular weight is 232 g/mol. The van der Waals surface area contributed by atoms with Crippen LogP contribution in [-0.2, 0) is 9.53 Å². The lowest BCUT2D eigenvalue weighted by molar-refractivity contribution is -0.129. The topological polar surface area (TPSA) is 84.6 Å². The third-order valence-corrected chi connectivity index (χ3v) is 2.77. The molecule has 0 spiro atoms. The molecule has 0 saturated carbocycles. The molecule has 96 valence electrons. The Hall–Kier alpha value is -0.650. The smallest absolute Gasteiger partial charge is 0.227 e. The summed E-state index contributed by atoms with van der Waals surface area (Å²) in [7, 11) is 0. The van der Waals surface area contributed by atoms with Crippen molar-refractivity contribution >= 4 is 5.91 Å². The first-order valence-electron chi connectivity index (χ1n) is 5.77. The predicted octanol–water partition coefficient (Wildman–Crippen LogP) is -0.123. The number of nitrogens with one attached hydrogen (secondary N) is 1. The molecule has 1 unspecified atom stereocenters. The van der Waals surface area contributed by atoms with E-state index in [0.29, 0.717) is 26.3 Å². The third kappa shape index (κ3) is 5.44. The second kappa shape index (κ2) is 8.50. The van der Waals surface area contributed by atoms with Crippen LogP contribution < -0.4 is 11.1 Å². The molecule has 0 rings (SSSR count). The monoisotopic (exact) mass is 232 g/mol. The van der Waals surface area contributed by atoms with E-state index in [0.717, 1.165) is 12.8 Å². The second-order valence-corrected chi connectivity index (χ2v) is 4.06. The Morgan fingerprint density at radius 1 is 1.50 bits per heavy atom. The van der Waals surface area contributed by atoms with E-state index in [-0.39, 0.29) is 12.5 Å². The lowest BCUT2D eigenvalue weighted by Crippen LogP contribution is -2.43. The number of carbonyl (C=O) groups excluding carboxylic acids is 1. The summed E-state index contributed by atoms with van der Waals surface area (Å²) in [6.07, 6.45) is 1.48. The molecule has 1 amide bonds. The first kappa shape index (κ1) is 15.3. The fourth-order valence-corrected chi connectivity index (χ4v) is 1.15. The minimum atomic E-state index is -0.466. The number of amides is 1. The van der Waals surface area contributed by atoms with Gasteiger partial charge in [0, 0.05) is 19.7 Å². The zero-order valence-electron chi connectivity index (χ0n) is 10.3. The number of aliphatic hydroxyl groups excluding tert-OH is 1. The molecule has 0 aromatic rings. The summed E-state index contributed by atoms with van der Waals surface area (Å²) in [5, 5.41) is 11.3. The summed E-state index contributed by atoms with van der Waals surface area (Å²) in [6.45, 7) is 5.70. The SMILES string of the molecule is CCC(C)(CN)C(=O)NCCCOCCO. The van der Waals surface area contributed by atoms with Crippen LogP contribution in [0.3, 0.4) is 0 Å². The van der Waals surface area contributed by atoms with Gasteiger partial charge in [-0.25, -0.2) is 0 Å². The maximum Gasteiger partial charge on any atom is 0.227 e. The summed E-state index contributed by atoms with van der Waals surface area (Å²) in [5.74, 6) is -0.000316. The van der Waals surface area contributed by atoms with Crippen molar-refractivity contribution in [1.82, 2.24) is 5.32 Å². The molecular formula is C11H24N2O3. The van der Waals surface area contributed by atoms with Crippen molar-refractivity contribution in [3.63, 3.8) is 0 Å². The fraction of sp³-hybridized carbons (Fsp3) is 0.909. The molecular weight excluding hydrogens is 208 g/mol. The minimum absolute atomic E-state index is 0.000316. The lowest BCUT2D eigenvalue weighted by Gasteiger charge is -2.24. The van der Waals surface area contributed by atoms with Gasteiger partial charge >= 0.3 is 0 Å². The zero-order valence-corrected chi connectivity index (χ0v) is 10.3. The van der Waals surface area contributed by atoms with Gasteiger partial charge in [-0.15, -0.1) is 0 Å². The number of hydrogen-bond acceptors (Lipinski definition) is 4. The molecule has 5 nitrogen and oxygen atoms in total. The van der Waals surface area contributed by atoms with Crippen molar-refractivity contribution in [1.29, 1.82) is 0 Å². The van der Waals surface area contributed by atoms with E-state index in [1.54, 1.807) is 0 Å². The Morgan fingerprint density at radius 2 is 2.19 bits per heavy atom. The second-order valence-electron chi connectivity index (χ2n) is 4.06. The van der Waals surface area contributed by atoms with Gasteiger partial charge < -0.3 is 20.9 Å². The van der Waals surface area contributed by atoms with E-state index in [1.165, 1.54) is 0 Å².